The average molecular weight is 397 g/mol. The van der Waals surface area contributed by atoms with E-state index in [0.717, 1.165) is 27.9 Å². The van der Waals surface area contributed by atoms with E-state index >= 15 is 0 Å². The van der Waals surface area contributed by atoms with E-state index in [1.54, 1.807) is 30.3 Å². The van der Waals surface area contributed by atoms with Crippen LogP contribution in [-0.4, -0.2) is 48.8 Å². The first-order valence-electron chi connectivity index (χ1n) is 8.79. The molecule has 0 spiro atoms. The van der Waals surface area contributed by atoms with Crippen molar-refractivity contribution in [2.45, 2.75) is 11.4 Å². The van der Waals surface area contributed by atoms with Crippen molar-refractivity contribution >= 4 is 34.5 Å². The molecule has 2 unspecified atom stereocenters. The quantitative estimate of drug-likeness (QED) is 0.855. The average Bonchev–Trinajstić information content (AvgIpc) is 2.97. The van der Waals surface area contributed by atoms with Crippen molar-refractivity contribution in [3.05, 3.63) is 59.7 Å². The molecular formula is C20H19N3O4S. The molecule has 0 radical (unpaired) electrons. The Morgan fingerprint density at radius 3 is 2.43 bits per heavy atom. The summed E-state index contributed by atoms with van der Waals surface area (Å²) in [5.41, 5.74) is 2.27. The van der Waals surface area contributed by atoms with Crippen molar-refractivity contribution in [3.8, 4) is 5.75 Å². The van der Waals surface area contributed by atoms with Crippen LogP contribution in [0.1, 0.15) is 21.2 Å². The molecule has 8 heteroatoms. The van der Waals surface area contributed by atoms with Gasteiger partial charge >= 0.3 is 0 Å². The van der Waals surface area contributed by atoms with Crippen LogP contribution >= 0.6 is 11.8 Å². The minimum absolute atomic E-state index is 0.122. The Bertz CT molecular complexity index is 947. The number of anilines is 1. The van der Waals surface area contributed by atoms with Crippen molar-refractivity contribution in [2.24, 2.45) is 0 Å². The number of ether oxygens (including phenoxy) is 1. The molecule has 144 valence electrons. The SMILES string of the molecule is CN1C(=O)SC(c2ccc(OCC3NC(=O)c4ccccc4N3C)cc2)C1=O. The Morgan fingerprint density at radius 2 is 1.75 bits per heavy atom. The molecule has 0 saturated carbocycles. The fourth-order valence-corrected chi connectivity index (χ4v) is 4.24. The van der Waals surface area contributed by atoms with E-state index in [9.17, 15) is 14.4 Å². The standard InChI is InChI=1S/C20H19N3O4S/c1-22-15-6-4-3-5-14(15)18(24)21-16(22)11-27-13-9-7-12(8-10-13)17-19(25)23(2)20(26)28-17/h3-10,16-17H,11H2,1-2H3,(H,21,24). The number of imide groups is 1. The van der Waals surface area contributed by atoms with Gasteiger partial charge in [-0.1, -0.05) is 24.3 Å². The molecular weight excluding hydrogens is 378 g/mol. The molecule has 2 aromatic carbocycles. The smallest absolute Gasteiger partial charge is 0.289 e. The molecule has 1 N–H and O–H groups in total. The van der Waals surface area contributed by atoms with Gasteiger partial charge in [-0.25, -0.2) is 0 Å². The van der Waals surface area contributed by atoms with Gasteiger partial charge < -0.3 is 15.0 Å². The van der Waals surface area contributed by atoms with Crippen molar-refractivity contribution < 1.29 is 19.1 Å². The van der Waals surface area contributed by atoms with E-state index in [1.807, 2.05) is 30.1 Å². The number of nitrogens with zero attached hydrogens (tertiary/aromatic N) is 2. The molecule has 3 amide bonds. The predicted octanol–water partition coefficient (Wildman–Crippen LogP) is 2.64. The number of amides is 3. The molecule has 1 saturated heterocycles. The summed E-state index contributed by atoms with van der Waals surface area (Å²) in [6, 6.07) is 14.5. The van der Waals surface area contributed by atoms with E-state index in [4.69, 9.17) is 4.74 Å². The molecule has 0 bridgehead atoms. The fraction of sp³-hybridized carbons (Fsp3) is 0.250. The van der Waals surface area contributed by atoms with Gasteiger partial charge in [0.15, 0.2) is 0 Å². The van der Waals surface area contributed by atoms with Crippen LogP contribution in [0.25, 0.3) is 0 Å². The van der Waals surface area contributed by atoms with Crippen LogP contribution in [-0.2, 0) is 4.79 Å². The van der Waals surface area contributed by atoms with Gasteiger partial charge in [0, 0.05) is 14.1 Å². The van der Waals surface area contributed by atoms with E-state index in [2.05, 4.69) is 5.32 Å². The van der Waals surface area contributed by atoms with Gasteiger partial charge in [0.05, 0.1) is 11.3 Å². The fourth-order valence-electron chi connectivity index (χ4n) is 3.24. The number of nitrogens with one attached hydrogen (secondary N) is 1. The second kappa shape index (κ2) is 7.20. The van der Waals surface area contributed by atoms with Crippen molar-refractivity contribution in [2.75, 3.05) is 25.6 Å². The molecule has 0 aromatic heterocycles. The molecule has 1 fully saturated rings. The molecule has 2 aliphatic rings. The Kier molecular flexibility index (Phi) is 4.72. The van der Waals surface area contributed by atoms with Gasteiger partial charge in [0.2, 0.25) is 5.91 Å². The zero-order valence-corrected chi connectivity index (χ0v) is 16.2. The van der Waals surface area contributed by atoms with Gasteiger partial charge in [-0.05, 0) is 41.6 Å². The third kappa shape index (κ3) is 3.20. The van der Waals surface area contributed by atoms with Gasteiger partial charge in [0.1, 0.15) is 23.8 Å². The van der Waals surface area contributed by atoms with E-state index in [1.165, 1.54) is 7.05 Å². The van der Waals surface area contributed by atoms with Gasteiger partial charge in [-0.15, -0.1) is 0 Å². The summed E-state index contributed by atoms with van der Waals surface area (Å²) >= 11 is 1.01. The number of likely N-dealkylation sites (N-methyl/N-ethyl adjacent to an activating group) is 2. The number of fused-ring (bicyclic) bond motifs is 1. The summed E-state index contributed by atoms with van der Waals surface area (Å²) in [6.07, 6.45) is -0.291. The predicted molar refractivity (Wildman–Crippen MR) is 107 cm³/mol. The summed E-state index contributed by atoms with van der Waals surface area (Å²) in [5.74, 6) is 0.289. The molecule has 2 heterocycles. The highest BCUT2D eigenvalue weighted by Crippen LogP contribution is 2.38. The van der Waals surface area contributed by atoms with Crippen LogP contribution in [0.2, 0.25) is 0 Å². The summed E-state index contributed by atoms with van der Waals surface area (Å²) in [7, 11) is 3.40. The van der Waals surface area contributed by atoms with Crippen LogP contribution in [0.3, 0.4) is 0 Å². The van der Waals surface area contributed by atoms with Gasteiger partial charge in [-0.2, -0.15) is 0 Å². The largest absolute Gasteiger partial charge is 0.489 e. The second-order valence-corrected chi connectivity index (χ2v) is 7.71. The first-order valence-corrected chi connectivity index (χ1v) is 9.67. The van der Waals surface area contributed by atoms with Crippen LogP contribution in [0.15, 0.2) is 48.5 Å². The highest BCUT2D eigenvalue weighted by Gasteiger charge is 2.38. The second-order valence-electron chi connectivity index (χ2n) is 6.66. The highest BCUT2D eigenvalue weighted by atomic mass is 32.2. The normalized spacial score (nSPS) is 21.6. The van der Waals surface area contributed by atoms with E-state index < -0.39 is 5.25 Å². The summed E-state index contributed by atoms with van der Waals surface area (Å²) in [5, 5.41) is 2.18. The number of hydrogen-bond donors (Lipinski definition) is 1. The Hall–Kier alpha value is -3.00. The van der Waals surface area contributed by atoms with Gasteiger partial charge in [-0.3, -0.25) is 19.3 Å². The number of thioether (sulfide) groups is 1. The molecule has 2 atom stereocenters. The molecule has 0 aliphatic carbocycles. The van der Waals surface area contributed by atoms with Crippen LogP contribution < -0.4 is 15.0 Å². The first kappa shape index (κ1) is 18.4. The van der Waals surface area contributed by atoms with E-state index in [0.29, 0.717) is 11.3 Å². The third-order valence-corrected chi connectivity index (χ3v) is 6.12. The highest BCUT2D eigenvalue weighted by molar-refractivity contribution is 8.14. The Morgan fingerprint density at radius 1 is 1.04 bits per heavy atom. The lowest BCUT2D eigenvalue weighted by Gasteiger charge is -2.35. The lowest BCUT2D eigenvalue weighted by molar-refractivity contribution is -0.125. The maximum atomic E-state index is 12.3. The number of carbonyl (C=O) groups is 3. The summed E-state index contributed by atoms with van der Waals surface area (Å²) in [4.78, 5) is 39.1. The zero-order valence-electron chi connectivity index (χ0n) is 15.4. The maximum absolute atomic E-state index is 12.3. The Labute approximate surface area is 166 Å². The minimum Gasteiger partial charge on any atom is -0.489 e. The van der Waals surface area contributed by atoms with Crippen LogP contribution in [0, 0.1) is 0 Å². The van der Waals surface area contributed by atoms with E-state index in [-0.39, 0.29) is 29.8 Å². The third-order valence-electron chi connectivity index (χ3n) is 4.93. The molecule has 28 heavy (non-hydrogen) atoms. The molecule has 2 aromatic rings. The lowest BCUT2D eigenvalue weighted by atomic mass is 10.1. The zero-order chi connectivity index (χ0) is 19.8. The minimum atomic E-state index is -0.508. The summed E-state index contributed by atoms with van der Waals surface area (Å²) < 4.78 is 5.84. The van der Waals surface area contributed by atoms with Crippen molar-refractivity contribution in [3.63, 3.8) is 0 Å². The number of hydrogen-bond acceptors (Lipinski definition) is 6. The van der Waals surface area contributed by atoms with Crippen molar-refractivity contribution in [1.82, 2.24) is 10.2 Å². The summed E-state index contributed by atoms with van der Waals surface area (Å²) in [6.45, 7) is 0.272. The monoisotopic (exact) mass is 397 g/mol. The van der Waals surface area contributed by atoms with Gasteiger partial charge in [0.25, 0.3) is 11.1 Å². The number of rotatable bonds is 4. The maximum Gasteiger partial charge on any atom is 0.289 e. The number of para-hydroxylation sites is 1. The lowest BCUT2D eigenvalue weighted by Crippen LogP contribution is -2.54. The van der Waals surface area contributed by atoms with Crippen LogP contribution in [0.4, 0.5) is 10.5 Å². The first-order chi connectivity index (χ1) is 13.5. The molecule has 7 nitrogen and oxygen atoms in total. The topological polar surface area (TPSA) is 79.0 Å². The molecule has 4 rings (SSSR count). The Balaban J connectivity index is 1.42. The molecule has 2 aliphatic heterocycles. The van der Waals surface area contributed by atoms with Crippen LogP contribution in [0.5, 0.6) is 5.75 Å². The number of benzene rings is 2. The van der Waals surface area contributed by atoms with Crippen molar-refractivity contribution in [1.29, 1.82) is 0 Å². The number of carbonyl (C=O) groups excluding carboxylic acids is 3.